The molecule has 0 bridgehead atoms. The van der Waals surface area contributed by atoms with E-state index in [1.54, 1.807) is 0 Å². The Balaban J connectivity index is 3.00. The molecule has 42 valence electrons. The number of hydrogen-bond donors (Lipinski definition) is 2. The van der Waals surface area contributed by atoms with Crippen LogP contribution >= 0.6 is 11.6 Å². The van der Waals surface area contributed by atoms with Crippen LogP contribution in [-0.2, 0) is 0 Å². The zero-order valence-electron chi connectivity index (χ0n) is 3.85. The van der Waals surface area contributed by atoms with E-state index in [-0.39, 0.29) is 0 Å². The van der Waals surface area contributed by atoms with Crippen LogP contribution in [0.15, 0.2) is 11.2 Å². The van der Waals surface area contributed by atoms with E-state index in [0.29, 0.717) is 11.0 Å². The lowest BCUT2D eigenvalue weighted by atomic mass is 10.7. The van der Waals surface area contributed by atoms with Crippen molar-refractivity contribution in [1.82, 2.24) is 10.2 Å². The molecule has 2 N–H and O–H groups in total. The molecule has 0 aliphatic heterocycles. The van der Waals surface area contributed by atoms with Crippen LogP contribution < -0.4 is 0 Å². The Labute approximate surface area is 50.4 Å². The molecule has 0 saturated heterocycles. The maximum atomic E-state index is 6.44. The predicted molar refractivity (Wildman–Crippen MR) is 28.4 cm³/mol. The number of halogens is 1. The topological polar surface area (TPSA) is 64.9 Å². The van der Waals surface area contributed by atoms with E-state index in [1.165, 1.54) is 6.07 Å². The van der Waals surface area contributed by atoms with Gasteiger partial charge in [-0.2, -0.15) is 5.10 Å². The van der Waals surface area contributed by atoms with Crippen LogP contribution in [0.25, 0.3) is 0 Å². The molecule has 0 radical (unpaired) electrons. The Kier molecular flexibility index (Phi) is 1.26. The average molecular weight is 131 g/mol. The van der Waals surface area contributed by atoms with Gasteiger partial charge in [-0.3, -0.25) is 5.10 Å². The molecule has 1 rings (SSSR count). The highest BCUT2D eigenvalue weighted by Gasteiger charge is 1.92. The summed E-state index contributed by atoms with van der Waals surface area (Å²) in [6, 6.07) is 1.47. The summed E-state index contributed by atoms with van der Waals surface area (Å²) in [5, 5.41) is 9.36. The molecule has 1 heterocycles. The quantitative estimate of drug-likeness (QED) is 0.559. The van der Waals surface area contributed by atoms with Crippen molar-refractivity contribution < 1.29 is 0 Å². The first-order valence-corrected chi connectivity index (χ1v) is 2.29. The molecule has 4 nitrogen and oxygen atoms in total. The third kappa shape index (κ3) is 0.840. The van der Waals surface area contributed by atoms with Gasteiger partial charge in [-0.25, -0.2) is 5.53 Å². The van der Waals surface area contributed by atoms with Crippen molar-refractivity contribution >= 4 is 17.4 Å². The summed E-state index contributed by atoms with van der Waals surface area (Å²) >= 11 is 5.38. The number of nitrogens with zero attached hydrogens (tertiary/aromatic N) is 2. The van der Waals surface area contributed by atoms with Crippen molar-refractivity contribution in [2.45, 2.75) is 0 Å². The fourth-order valence-corrected chi connectivity index (χ4v) is 0.486. The summed E-state index contributed by atoms with van der Waals surface area (Å²) in [5.74, 6) is 0.301. The molecule has 0 aliphatic rings. The number of aromatic nitrogens is 2. The lowest BCUT2D eigenvalue weighted by Gasteiger charge is -1.67. The minimum Gasteiger partial charge on any atom is -0.265 e. The molecule has 0 atom stereocenters. The zero-order valence-corrected chi connectivity index (χ0v) is 4.61. The largest absolute Gasteiger partial charge is 0.265 e. The Hall–Kier alpha value is -0.900. The summed E-state index contributed by atoms with van der Waals surface area (Å²) in [6.45, 7) is 0. The molecule has 1 aromatic rings. The highest BCUT2D eigenvalue weighted by atomic mass is 35.5. The van der Waals surface area contributed by atoms with Crippen molar-refractivity contribution in [2.75, 3.05) is 0 Å². The molecule has 0 unspecified atom stereocenters. The standard InChI is InChI=1S/C3H3ClN4/c4-2-1-3(6-5)8-7-2/h1,5H,(H,7,8). The van der Waals surface area contributed by atoms with E-state index < -0.39 is 0 Å². The highest BCUT2D eigenvalue weighted by Crippen LogP contribution is 2.11. The van der Waals surface area contributed by atoms with Crippen LogP contribution in [0, 0.1) is 5.53 Å². The molecule has 5 heteroatoms. The minimum absolute atomic E-state index is 0.301. The van der Waals surface area contributed by atoms with E-state index in [9.17, 15) is 0 Å². The Morgan fingerprint density at radius 2 is 2.62 bits per heavy atom. The summed E-state index contributed by atoms with van der Waals surface area (Å²) in [7, 11) is 0. The predicted octanol–water partition coefficient (Wildman–Crippen LogP) is 1.73. The number of aromatic amines is 1. The van der Waals surface area contributed by atoms with Gasteiger partial charge in [-0.15, -0.1) is 5.11 Å². The summed E-state index contributed by atoms with van der Waals surface area (Å²) in [6.07, 6.45) is 0. The van der Waals surface area contributed by atoms with Gasteiger partial charge in [0, 0.05) is 6.07 Å². The first-order chi connectivity index (χ1) is 3.83. The summed E-state index contributed by atoms with van der Waals surface area (Å²) in [4.78, 5) is 0. The monoisotopic (exact) mass is 130 g/mol. The van der Waals surface area contributed by atoms with Crippen molar-refractivity contribution in [1.29, 1.82) is 5.53 Å². The Bertz CT molecular complexity index is 193. The van der Waals surface area contributed by atoms with E-state index in [4.69, 9.17) is 17.1 Å². The van der Waals surface area contributed by atoms with Crippen LogP contribution in [0.3, 0.4) is 0 Å². The van der Waals surface area contributed by atoms with Crippen molar-refractivity contribution in [3.63, 3.8) is 0 Å². The molecule has 8 heavy (non-hydrogen) atoms. The molecule has 0 aromatic carbocycles. The second kappa shape index (κ2) is 1.92. The number of nitrogens with one attached hydrogen (secondary N) is 2. The van der Waals surface area contributed by atoms with Gasteiger partial charge >= 0.3 is 0 Å². The lowest BCUT2D eigenvalue weighted by molar-refractivity contribution is 1.03. The third-order valence-corrected chi connectivity index (χ3v) is 0.841. The second-order valence-corrected chi connectivity index (χ2v) is 1.59. The van der Waals surface area contributed by atoms with Crippen LogP contribution in [0.4, 0.5) is 5.82 Å². The van der Waals surface area contributed by atoms with Crippen LogP contribution in [-0.4, -0.2) is 10.2 Å². The lowest BCUT2D eigenvalue weighted by Crippen LogP contribution is -1.61. The minimum atomic E-state index is 0.301. The first kappa shape index (κ1) is 5.24. The molecule has 0 amide bonds. The highest BCUT2D eigenvalue weighted by molar-refractivity contribution is 6.29. The Morgan fingerprint density at radius 1 is 1.88 bits per heavy atom. The fourth-order valence-electron chi connectivity index (χ4n) is 0.346. The summed E-state index contributed by atoms with van der Waals surface area (Å²) in [5.41, 5.74) is 6.44. The van der Waals surface area contributed by atoms with Gasteiger partial charge in [0.2, 0.25) is 0 Å². The average Bonchev–Trinajstić information content (AvgIpc) is 2.14. The van der Waals surface area contributed by atoms with E-state index >= 15 is 0 Å². The van der Waals surface area contributed by atoms with E-state index in [2.05, 4.69) is 15.3 Å². The molecule has 0 fully saturated rings. The SMILES string of the molecule is N=Nc1cc(Cl)[nH]n1. The van der Waals surface area contributed by atoms with Crippen LogP contribution in [0.2, 0.25) is 5.15 Å². The number of H-pyrrole nitrogens is 1. The number of hydrogen-bond acceptors (Lipinski definition) is 3. The molecule has 0 aliphatic carbocycles. The molecule has 0 spiro atoms. The molecule has 1 aromatic heterocycles. The first-order valence-electron chi connectivity index (χ1n) is 1.91. The van der Waals surface area contributed by atoms with Gasteiger partial charge in [-0.05, 0) is 0 Å². The van der Waals surface area contributed by atoms with E-state index in [1.807, 2.05) is 0 Å². The van der Waals surface area contributed by atoms with Gasteiger partial charge in [0.1, 0.15) is 5.15 Å². The third-order valence-electron chi connectivity index (χ3n) is 0.648. The van der Waals surface area contributed by atoms with Crippen molar-refractivity contribution in [3.8, 4) is 0 Å². The second-order valence-electron chi connectivity index (χ2n) is 1.19. The summed E-state index contributed by atoms with van der Waals surface area (Å²) < 4.78 is 0. The van der Waals surface area contributed by atoms with Crippen molar-refractivity contribution in [3.05, 3.63) is 11.2 Å². The molecule has 0 saturated carbocycles. The number of rotatable bonds is 1. The molecular formula is C3H3ClN4. The van der Waals surface area contributed by atoms with Gasteiger partial charge in [0.15, 0.2) is 5.82 Å². The maximum absolute atomic E-state index is 6.44. The smallest absolute Gasteiger partial charge is 0.196 e. The fraction of sp³-hybridized carbons (Fsp3) is 0. The van der Waals surface area contributed by atoms with Gasteiger partial charge in [0.05, 0.1) is 0 Å². The van der Waals surface area contributed by atoms with Gasteiger partial charge < -0.3 is 0 Å². The Morgan fingerprint density at radius 3 is 2.88 bits per heavy atom. The van der Waals surface area contributed by atoms with Crippen molar-refractivity contribution in [2.24, 2.45) is 5.11 Å². The van der Waals surface area contributed by atoms with E-state index in [0.717, 1.165) is 0 Å². The van der Waals surface area contributed by atoms with Crippen LogP contribution in [0.1, 0.15) is 0 Å². The zero-order chi connectivity index (χ0) is 5.98. The van der Waals surface area contributed by atoms with Gasteiger partial charge in [-0.1, -0.05) is 11.6 Å². The normalized spacial score (nSPS) is 9.12. The van der Waals surface area contributed by atoms with Crippen LogP contribution in [0.5, 0.6) is 0 Å². The molecular weight excluding hydrogens is 128 g/mol. The maximum Gasteiger partial charge on any atom is 0.196 e. The van der Waals surface area contributed by atoms with Gasteiger partial charge in [0.25, 0.3) is 0 Å².